The molecule has 4 aromatic rings. The zero-order valence-electron chi connectivity index (χ0n) is 20.7. The molecule has 37 heavy (non-hydrogen) atoms. The van der Waals surface area contributed by atoms with Crippen LogP contribution in [-0.2, 0) is 16.3 Å². The molecule has 0 saturated heterocycles. The van der Waals surface area contributed by atoms with Crippen molar-refractivity contribution in [2.24, 2.45) is 0 Å². The molecule has 7 heteroatoms. The lowest BCUT2D eigenvalue weighted by Gasteiger charge is -2.17. The molecule has 0 aliphatic carbocycles. The van der Waals surface area contributed by atoms with Gasteiger partial charge in [-0.25, -0.2) is 8.42 Å². The first-order valence-electron chi connectivity index (χ1n) is 12.0. The maximum Gasteiger partial charge on any atom is 0.259 e. The summed E-state index contributed by atoms with van der Waals surface area (Å²) in [7, 11) is -3.69. The van der Waals surface area contributed by atoms with Gasteiger partial charge in [0.1, 0.15) is 11.5 Å². The first-order valence-corrected chi connectivity index (χ1v) is 13.5. The summed E-state index contributed by atoms with van der Waals surface area (Å²) in [5.74, 6) is -0.709. The van der Waals surface area contributed by atoms with E-state index in [9.17, 15) is 23.4 Å². The molecule has 6 nitrogen and oxygen atoms in total. The second kappa shape index (κ2) is 9.09. The van der Waals surface area contributed by atoms with E-state index in [4.69, 9.17) is 0 Å². The number of aromatic hydroxyl groups is 2. The van der Waals surface area contributed by atoms with Crippen LogP contribution in [0.1, 0.15) is 52.4 Å². The Morgan fingerprint density at radius 1 is 0.838 bits per heavy atom. The van der Waals surface area contributed by atoms with Crippen molar-refractivity contribution in [3.63, 3.8) is 0 Å². The smallest absolute Gasteiger partial charge is 0.259 e. The van der Waals surface area contributed by atoms with Gasteiger partial charge in [-0.15, -0.1) is 0 Å². The van der Waals surface area contributed by atoms with Crippen molar-refractivity contribution >= 4 is 21.4 Å². The van der Waals surface area contributed by atoms with Gasteiger partial charge in [0.15, 0.2) is 0 Å². The van der Waals surface area contributed by atoms with Gasteiger partial charge in [0.2, 0.25) is 9.84 Å². The number of carbonyl (C=O) groups is 1. The van der Waals surface area contributed by atoms with Crippen LogP contribution in [0.3, 0.4) is 0 Å². The summed E-state index contributed by atoms with van der Waals surface area (Å²) in [5.41, 5.74) is 4.39. The Morgan fingerprint density at radius 2 is 1.51 bits per heavy atom. The fourth-order valence-corrected chi connectivity index (χ4v) is 6.63. The quantitative estimate of drug-likeness (QED) is 0.260. The minimum absolute atomic E-state index is 0.000954. The minimum atomic E-state index is -3.69. The number of hydrogen-bond acceptors (Lipinski definition) is 5. The van der Waals surface area contributed by atoms with Crippen molar-refractivity contribution in [2.45, 2.75) is 42.9 Å². The number of sulfone groups is 1. The molecule has 0 radical (unpaired) electrons. The SMILES string of the molecule is Cc1c(O)c(Cc2ccccc2C(C)C)cc(C(=O)Nc2ccc3c(c2)S(=O)(=O)c2ccccc2-3)c1O. The summed E-state index contributed by atoms with van der Waals surface area (Å²) in [4.78, 5) is 13.6. The van der Waals surface area contributed by atoms with E-state index in [2.05, 4.69) is 19.2 Å². The zero-order valence-corrected chi connectivity index (χ0v) is 21.6. The predicted octanol–water partition coefficient (Wildman–Crippen LogP) is 6.19. The van der Waals surface area contributed by atoms with Crippen molar-refractivity contribution in [1.29, 1.82) is 0 Å². The van der Waals surface area contributed by atoms with Crippen molar-refractivity contribution in [3.05, 3.63) is 101 Å². The molecule has 0 aromatic heterocycles. The molecule has 0 fully saturated rings. The Morgan fingerprint density at radius 3 is 2.27 bits per heavy atom. The number of amides is 1. The van der Waals surface area contributed by atoms with Crippen LogP contribution in [0, 0.1) is 6.92 Å². The fraction of sp³-hybridized carbons (Fsp3) is 0.167. The van der Waals surface area contributed by atoms with Gasteiger partial charge in [-0.1, -0.05) is 62.4 Å². The highest BCUT2D eigenvalue weighted by molar-refractivity contribution is 7.92. The van der Waals surface area contributed by atoms with Gasteiger partial charge in [-0.05, 0) is 53.8 Å². The lowest BCUT2D eigenvalue weighted by Crippen LogP contribution is -2.14. The van der Waals surface area contributed by atoms with E-state index in [1.54, 1.807) is 43.3 Å². The topological polar surface area (TPSA) is 104 Å². The average Bonchev–Trinajstić information content (AvgIpc) is 3.11. The van der Waals surface area contributed by atoms with E-state index in [0.717, 1.165) is 11.1 Å². The van der Waals surface area contributed by atoms with Crippen molar-refractivity contribution in [2.75, 3.05) is 5.32 Å². The monoisotopic (exact) mass is 513 g/mol. The molecule has 0 unspecified atom stereocenters. The zero-order chi connectivity index (χ0) is 26.5. The second-order valence-corrected chi connectivity index (χ2v) is 11.5. The van der Waals surface area contributed by atoms with Crippen LogP contribution in [0.25, 0.3) is 11.1 Å². The molecule has 0 spiro atoms. The highest BCUT2D eigenvalue weighted by atomic mass is 32.2. The van der Waals surface area contributed by atoms with E-state index < -0.39 is 15.7 Å². The Kier molecular flexibility index (Phi) is 6.04. The molecule has 1 heterocycles. The summed E-state index contributed by atoms with van der Waals surface area (Å²) < 4.78 is 26.1. The van der Waals surface area contributed by atoms with Crippen molar-refractivity contribution in [3.8, 4) is 22.6 Å². The maximum atomic E-state index is 13.3. The molecule has 0 bridgehead atoms. The van der Waals surface area contributed by atoms with E-state index in [-0.39, 0.29) is 44.0 Å². The van der Waals surface area contributed by atoms with E-state index in [1.807, 2.05) is 24.3 Å². The maximum absolute atomic E-state index is 13.3. The molecule has 4 aromatic carbocycles. The van der Waals surface area contributed by atoms with Crippen LogP contribution in [0.4, 0.5) is 5.69 Å². The van der Waals surface area contributed by atoms with E-state index in [1.165, 1.54) is 12.1 Å². The van der Waals surface area contributed by atoms with Gasteiger partial charge in [-0.3, -0.25) is 4.79 Å². The van der Waals surface area contributed by atoms with Crippen LogP contribution < -0.4 is 5.32 Å². The normalized spacial score (nSPS) is 13.3. The van der Waals surface area contributed by atoms with Crippen LogP contribution in [0.5, 0.6) is 11.5 Å². The number of rotatable bonds is 5. The fourth-order valence-electron chi connectivity index (χ4n) is 4.92. The lowest BCUT2D eigenvalue weighted by molar-refractivity contribution is 0.102. The molecule has 188 valence electrons. The first kappa shape index (κ1) is 24.6. The molecule has 1 amide bonds. The Labute approximate surface area is 216 Å². The lowest BCUT2D eigenvalue weighted by atomic mass is 9.91. The van der Waals surface area contributed by atoms with Gasteiger partial charge in [0, 0.05) is 28.8 Å². The van der Waals surface area contributed by atoms with E-state index >= 15 is 0 Å². The molecule has 0 atom stereocenters. The number of phenolic OH excluding ortho intramolecular Hbond substituents is 2. The third-order valence-electron chi connectivity index (χ3n) is 6.89. The number of phenols is 2. The number of nitrogens with one attached hydrogen (secondary N) is 1. The second-order valence-electron chi connectivity index (χ2n) is 9.60. The molecule has 1 aliphatic rings. The number of carbonyl (C=O) groups excluding carboxylic acids is 1. The van der Waals surface area contributed by atoms with Crippen molar-refractivity contribution < 1.29 is 23.4 Å². The molecule has 1 aliphatic heterocycles. The Balaban J connectivity index is 1.49. The van der Waals surface area contributed by atoms with Crippen LogP contribution in [0.2, 0.25) is 0 Å². The van der Waals surface area contributed by atoms with Gasteiger partial charge < -0.3 is 15.5 Å². The number of hydrogen-bond donors (Lipinski definition) is 3. The van der Waals surface area contributed by atoms with Crippen LogP contribution in [0.15, 0.2) is 82.6 Å². The highest BCUT2D eigenvalue weighted by Crippen LogP contribution is 2.44. The third-order valence-corrected chi connectivity index (χ3v) is 8.74. The van der Waals surface area contributed by atoms with Crippen LogP contribution >= 0.6 is 0 Å². The standard InChI is InChI=1S/C30H27NO5S/c1-17(2)22-9-5-4-8-19(22)14-20-15-25(29(33)18(3)28(20)32)30(34)31-21-12-13-24-23-10-6-7-11-26(23)37(35,36)27(24)16-21/h4-13,15-17,32-33H,14H2,1-3H3,(H,31,34). The number of anilines is 1. The van der Waals surface area contributed by atoms with Gasteiger partial charge in [0.25, 0.3) is 5.91 Å². The summed E-state index contributed by atoms with van der Waals surface area (Å²) in [6.45, 7) is 5.74. The minimum Gasteiger partial charge on any atom is -0.507 e. The van der Waals surface area contributed by atoms with Gasteiger partial charge in [0.05, 0.1) is 15.4 Å². The van der Waals surface area contributed by atoms with Gasteiger partial charge in [-0.2, -0.15) is 0 Å². The summed E-state index contributed by atoms with van der Waals surface area (Å²) in [6.07, 6.45) is 0.386. The third kappa shape index (κ3) is 4.15. The molecule has 5 rings (SSSR count). The average molecular weight is 514 g/mol. The largest absolute Gasteiger partial charge is 0.507 e. The highest BCUT2D eigenvalue weighted by Gasteiger charge is 2.33. The molecule has 0 saturated carbocycles. The predicted molar refractivity (Wildman–Crippen MR) is 143 cm³/mol. The Bertz CT molecular complexity index is 1670. The first-order chi connectivity index (χ1) is 17.6. The Hall–Kier alpha value is -4.10. The summed E-state index contributed by atoms with van der Waals surface area (Å²) >= 11 is 0. The summed E-state index contributed by atoms with van der Waals surface area (Å²) in [5, 5.41) is 24.2. The molecular formula is C30H27NO5S. The molecular weight excluding hydrogens is 486 g/mol. The van der Waals surface area contributed by atoms with E-state index in [0.29, 0.717) is 23.1 Å². The molecule has 3 N–H and O–H groups in total. The number of benzene rings is 4. The van der Waals surface area contributed by atoms with Crippen LogP contribution in [-0.4, -0.2) is 24.5 Å². The van der Waals surface area contributed by atoms with Crippen molar-refractivity contribution in [1.82, 2.24) is 0 Å². The van der Waals surface area contributed by atoms with Gasteiger partial charge >= 0.3 is 0 Å². The summed E-state index contributed by atoms with van der Waals surface area (Å²) in [6, 6.07) is 20.9. The number of fused-ring (bicyclic) bond motifs is 3.